The van der Waals surface area contributed by atoms with Crippen molar-refractivity contribution >= 4 is 29.3 Å². The molecule has 0 N–H and O–H groups in total. The summed E-state index contributed by atoms with van der Waals surface area (Å²) in [5, 5.41) is 0.265. The molecular weight excluding hydrogens is 383 g/mol. The van der Waals surface area contributed by atoms with Gasteiger partial charge >= 0.3 is 6.09 Å². The number of benzene rings is 2. The maximum absolute atomic E-state index is 14.2. The SMILES string of the molecule is CN(C(=O)C1(C)CCN(C(=O)OCc2ccccc2)C1)c1ccc(Cl)cc1F. The summed E-state index contributed by atoms with van der Waals surface area (Å²) in [5.41, 5.74) is 0.236. The number of ether oxygens (including phenoxy) is 1. The second-order valence-corrected chi connectivity index (χ2v) is 7.67. The molecule has 7 heteroatoms. The van der Waals surface area contributed by atoms with Gasteiger partial charge in [-0.1, -0.05) is 41.9 Å². The van der Waals surface area contributed by atoms with Crippen LogP contribution in [0.15, 0.2) is 48.5 Å². The van der Waals surface area contributed by atoms with Gasteiger partial charge in [0.15, 0.2) is 0 Å². The fourth-order valence-corrected chi connectivity index (χ4v) is 3.53. The maximum atomic E-state index is 14.2. The minimum atomic E-state index is -0.813. The molecule has 2 aromatic carbocycles. The first-order chi connectivity index (χ1) is 13.3. The zero-order valence-electron chi connectivity index (χ0n) is 15.8. The van der Waals surface area contributed by atoms with Gasteiger partial charge in [0.1, 0.15) is 12.4 Å². The van der Waals surface area contributed by atoms with Gasteiger partial charge in [-0.3, -0.25) is 4.79 Å². The lowest BCUT2D eigenvalue weighted by atomic mass is 9.88. The Bertz CT molecular complexity index is 877. The van der Waals surface area contributed by atoms with Crippen LogP contribution in [0.25, 0.3) is 0 Å². The van der Waals surface area contributed by atoms with Crippen LogP contribution in [0.1, 0.15) is 18.9 Å². The maximum Gasteiger partial charge on any atom is 0.410 e. The van der Waals surface area contributed by atoms with Crippen molar-refractivity contribution < 1.29 is 18.7 Å². The average Bonchev–Trinajstić information content (AvgIpc) is 3.09. The van der Waals surface area contributed by atoms with Gasteiger partial charge in [-0.25, -0.2) is 9.18 Å². The monoisotopic (exact) mass is 404 g/mol. The van der Waals surface area contributed by atoms with Gasteiger partial charge in [0.05, 0.1) is 11.1 Å². The summed E-state index contributed by atoms with van der Waals surface area (Å²) < 4.78 is 19.5. The fraction of sp³-hybridized carbons (Fsp3) is 0.333. The molecule has 0 spiro atoms. The van der Waals surface area contributed by atoms with Crippen LogP contribution < -0.4 is 4.90 Å². The number of rotatable bonds is 4. The molecular formula is C21H22ClFN2O3. The molecule has 1 aliphatic rings. The van der Waals surface area contributed by atoms with Crippen LogP contribution in [-0.4, -0.2) is 37.0 Å². The molecule has 0 radical (unpaired) electrons. The standard InChI is InChI=1S/C21H22ClFN2O3/c1-21(19(26)24(2)18-9-8-16(22)12-17(18)23)10-11-25(14-21)20(27)28-13-15-6-4-3-5-7-15/h3-9,12H,10-11,13-14H2,1-2H3. The largest absolute Gasteiger partial charge is 0.445 e. The van der Waals surface area contributed by atoms with E-state index in [-0.39, 0.29) is 29.8 Å². The number of hydrogen-bond donors (Lipinski definition) is 0. The minimum absolute atomic E-state index is 0.153. The lowest BCUT2D eigenvalue weighted by molar-refractivity contribution is -0.126. The van der Waals surface area contributed by atoms with E-state index in [9.17, 15) is 14.0 Å². The lowest BCUT2D eigenvalue weighted by Crippen LogP contribution is -2.43. The van der Waals surface area contributed by atoms with E-state index in [4.69, 9.17) is 16.3 Å². The third kappa shape index (κ3) is 4.28. The van der Waals surface area contributed by atoms with Crippen molar-refractivity contribution in [3.05, 3.63) is 64.9 Å². The summed E-state index contributed by atoms with van der Waals surface area (Å²) in [6, 6.07) is 13.6. The highest BCUT2D eigenvalue weighted by Crippen LogP contribution is 2.34. The predicted molar refractivity (Wildman–Crippen MR) is 106 cm³/mol. The van der Waals surface area contributed by atoms with Gasteiger partial charge in [-0.2, -0.15) is 0 Å². The van der Waals surface area contributed by atoms with E-state index in [0.29, 0.717) is 13.0 Å². The van der Waals surface area contributed by atoms with Crippen molar-refractivity contribution in [3.63, 3.8) is 0 Å². The van der Waals surface area contributed by atoms with Crippen molar-refractivity contribution in [2.24, 2.45) is 5.41 Å². The number of halogens is 2. The molecule has 1 saturated heterocycles. The summed E-state index contributed by atoms with van der Waals surface area (Å²) in [6.45, 7) is 2.59. The second-order valence-electron chi connectivity index (χ2n) is 7.23. The highest BCUT2D eigenvalue weighted by atomic mass is 35.5. The normalized spacial score (nSPS) is 18.8. The van der Waals surface area contributed by atoms with E-state index in [1.807, 2.05) is 30.3 Å². The van der Waals surface area contributed by atoms with E-state index < -0.39 is 17.3 Å². The van der Waals surface area contributed by atoms with Gasteiger partial charge in [0, 0.05) is 25.2 Å². The average molecular weight is 405 g/mol. The van der Waals surface area contributed by atoms with Crippen molar-refractivity contribution in [3.8, 4) is 0 Å². The number of amides is 2. The number of likely N-dealkylation sites (tertiary alicyclic amines) is 1. The first kappa shape index (κ1) is 20.1. The topological polar surface area (TPSA) is 49.9 Å². The van der Waals surface area contributed by atoms with Crippen LogP contribution in [-0.2, 0) is 16.1 Å². The van der Waals surface area contributed by atoms with Gasteiger partial charge in [-0.05, 0) is 37.1 Å². The third-order valence-electron chi connectivity index (χ3n) is 5.03. The van der Waals surface area contributed by atoms with E-state index in [0.717, 1.165) is 5.56 Å². The number of carbonyl (C=O) groups excluding carboxylic acids is 2. The third-order valence-corrected chi connectivity index (χ3v) is 5.26. The molecule has 148 valence electrons. The predicted octanol–water partition coefficient (Wildman–Crippen LogP) is 4.49. The molecule has 0 aromatic heterocycles. The first-order valence-electron chi connectivity index (χ1n) is 8.99. The van der Waals surface area contributed by atoms with Crippen LogP contribution in [0.5, 0.6) is 0 Å². The number of carbonyl (C=O) groups is 2. The molecule has 3 rings (SSSR count). The zero-order chi connectivity index (χ0) is 20.3. The van der Waals surface area contributed by atoms with Crippen molar-refractivity contribution in [1.29, 1.82) is 0 Å². The van der Waals surface area contributed by atoms with Crippen LogP contribution in [0.2, 0.25) is 5.02 Å². The molecule has 0 bridgehead atoms. The van der Waals surface area contributed by atoms with Crippen LogP contribution in [0.3, 0.4) is 0 Å². The first-order valence-corrected chi connectivity index (χ1v) is 9.37. The Kier molecular flexibility index (Phi) is 5.89. The second kappa shape index (κ2) is 8.19. The quantitative estimate of drug-likeness (QED) is 0.754. The van der Waals surface area contributed by atoms with Gasteiger partial charge in [0.2, 0.25) is 5.91 Å². The molecule has 5 nitrogen and oxygen atoms in total. The molecule has 1 heterocycles. The Morgan fingerprint density at radius 2 is 1.96 bits per heavy atom. The molecule has 1 atom stereocenters. The molecule has 1 fully saturated rings. The van der Waals surface area contributed by atoms with E-state index in [1.54, 1.807) is 6.92 Å². The van der Waals surface area contributed by atoms with Gasteiger partial charge in [-0.15, -0.1) is 0 Å². The Labute approximate surface area is 168 Å². The van der Waals surface area contributed by atoms with E-state index in [1.165, 1.54) is 35.0 Å². The fourth-order valence-electron chi connectivity index (χ4n) is 3.37. The molecule has 1 aliphatic heterocycles. The molecule has 2 amide bonds. The summed E-state index contributed by atoms with van der Waals surface area (Å²) in [4.78, 5) is 28.2. The summed E-state index contributed by atoms with van der Waals surface area (Å²) in [7, 11) is 1.52. The Morgan fingerprint density at radius 1 is 1.25 bits per heavy atom. The van der Waals surface area contributed by atoms with Crippen LogP contribution in [0.4, 0.5) is 14.9 Å². The van der Waals surface area contributed by atoms with E-state index in [2.05, 4.69) is 0 Å². The van der Waals surface area contributed by atoms with Crippen LogP contribution in [0, 0.1) is 11.2 Å². The Morgan fingerprint density at radius 3 is 2.64 bits per heavy atom. The van der Waals surface area contributed by atoms with Crippen molar-refractivity contribution in [1.82, 2.24) is 4.90 Å². The minimum Gasteiger partial charge on any atom is -0.445 e. The summed E-state index contributed by atoms with van der Waals surface area (Å²) >= 11 is 5.78. The molecule has 1 unspecified atom stereocenters. The summed E-state index contributed by atoms with van der Waals surface area (Å²) in [5.74, 6) is -0.823. The lowest BCUT2D eigenvalue weighted by Gasteiger charge is -2.29. The van der Waals surface area contributed by atoms with Gasteiger partial charge in [0.25, 0.3) is 0 Å². The number of anilines is 1. The highest BCUT2D eigenvalue weighted by Gasteiger charge is 2.44. The van der Waals surface area contributed by atoms with Crippen molar-refractivity contribution in [2.75, 3.05) is 25.0 Å². The molecule has 0 saturated carbocycles. The summed E-state index contributed by atoms with van der Waals surface area (Å²) in [6.07, 6.45) is 0.0203. The van der Waals surface area contributed by atoms with E-state index >= 15 is 0 Å². The number of nitrogens with zero attached hydrogens (tertiary/aromatic N) is 2. The number of hydrogen-bond acceptors (Lipinski definition) is 3. The highest BCUT2D eigenvalue weighted by molar-refractivity contribution is 6.30. The Hall–Kier alpha value is -2.60. The zero-order valence-corrected chi connectivity index (χ0v) is 16.6. The van der Waals surface area contributed by atoms with Gasteiger partial charge < -0.3 is 14.5 Å². The molecule has 0 aliphatic carbocycles. The van der Waals surface area contributed by atoms with Crippen molar-refractivity contribution in [2.45, 2.75) is 20.0 Å². The Balaban J connectivity index is 1.63. The molecule has 28 heavy (non-hydrogen) atoms. The van der Waals surface area contributed by atoms with Crippen LogP contribution >= 0.6 is 11.6 Å². The molecule has 2 aromatic rings. The smallest absolute Gasteiger partial charge is 0.410 e.